The third-order valence-corrected chi connectivity index (χ3v) is 4.12. The number of amides is 1. The molecule has 5 nitrogen and oxygen atoms in total. The van der Waals surface area contributed by atoms with E-state index in [9.17, 15) is 4.79 Å². The van der Waals surface area contributed by atoms with E-state index in [0.29, 0.717) is 10.6 Å². The number of halogens is 1. The molecule has 0 saturated carbocycles. The number of aryl methyl sites for hydroxylation is 1. The fraction of sp³-hybridized carbons (Fsp3) is 0.100. The predicted octanol–water partition coefficient (Wildman–Crippen LogP) is 4.21. The zero-order chi connectivity index (χ0) is 18.5. The van der Waals surface area contributed by atoms with Crippen molar-refractivity contribution in [3.63, 3.8) is 0 Å². The molecule has 2 aromatic carbocycles. The number of methoxy groups -OCH3 is 1. The second kappa shape index (κ2) is 7.89. The Morgan fingerprint density at radius 3 is 2.62 bits per heavy atom. The third-order valence-electron chi connectivity index (χ3n) is 3.89. The second-order valence-electron chi connectivity index (χ2n) is 5.64. The average Bonchev–Trinajstić information content (AvgIpc) is 3.02. The molecular weight excluding hydrogens is 350 g/mol. The Morgan fingerprint density at radius 2 is 1.92 bits per heavy atom. The van der Waals surface area contributed by atoms with E-state index >= 15 is 0 Å². The third kappa shape index (κ3) is 3.95. The average molecular weight is 368 g/mol. The molecule has 132 valence electrons. The molecule has 3 rings (SSSR count). The SMILES string of the molecule is COc1ccc(-n2c(C)ccc2/C=N/NC(=O)c2cccc(Cl)c2)cc1. The van der Waals surface area contributed by atoms with Crippen molar-refractivity contribution in [3.8, 4) is 11.4 Å². The fourth-order valence-electron chi connectivity index (χ4n) is 2.59. The lowest BCUT2D eigenvalue weighted by molar-refractivity contribution is 0.0955. The van der Waals surface area contributed by atoms with Crippen molar-refractivity contribution < 1.29 is 9.53 Å². The Hall–Kier alpha value is -3.05. The van der Waals surface area contributed by atoms with Crippen molar-refractivity contribution >= 4 is 23.7 Å². The van der Waals surface area contributed by atoms with E-state index in [0.717, 1.165) is 22.8 Å². The van der Waals surface area contributed by atoms with Crippen molar-refractivity contribution in [2.75, 3.05) is 7.11 Å². The van der Waals surface area contributed by atoms with Crippen LogP contribution in [0.1, 0.15) is 21.7 Å². The summed E-state index contributed by atoms with van der Waals surface area (Å²) in [6, 6.07) is 18.4. The van der Waals surface area contributed by atoms with Gasteiger partial charge in [0.05, 0.1) is 19.0 Å². The number of benzene rings is 2. The van der Waals surface area contributed by atoms with Crippen molar-refractivity contribution in [2.45, 2.75) is 6.92 Å². The van der Waals surface area contributed by atoms with Gasteiger partial charge in [-0.1, -0.05) is 17.7 Å². The standard InChI is InChI=1S/C20H18ClN3O2/c1-14-6-7-18(24(14)17-8-10-19(26-2)11-9-17)13-22-23-20(25)15-4-3-5-16(21)12-15/h3-13H,1-2H3,(H,23,25)/b22-13+. The summed E-state index contributed by atoms with van der Waals surface area (Å²) in [5.74, 6) is 0.477. The monoisotopic (exact) mass is 367 g/mol. The number of nitrogens with zero attached hydrogens (tertiary/aromatic N) is 2. The first kappa shape index (κ1) is 17.8. The van der Waals surface area contributed by atoms with E-state index in [1.807, 2.05) is 47.9 Å². The van der Waals surface area contributed by atoms with Gasteiger partial charge in [0.15, 0.2) is 0 Å². The second-order valence-corrected chi connectivity index (χ2v) is 6.08. The Balaban J connectivity index is 1.78. The van der Waals surface area contributed by atoms with Gasteiger partial charge in [0.1, 0.15) is 5.75 Å². The van der Waals surface area contributed by atoms with E-state index in [-0.39, 0.29) is 5.91 Å². The van der Waals surface area contributed by atoms with Crippen LogP contribution in [0.2, 0.25) is 5.02 Å². The van der Waals surface area contributed by atoms with E-state index in [2.05, 4.69) is 10.5 Å². The zero-order valence-electron chi connectivity index (χ0n) is 14.4. The summed E-state index contributed by atoms with van der Waals surface area (Å²) in [7, 11) is 1.64. The Bertz CT molecular complexity index is 946. The van der Waals surface area contributed by atoms with Gasteiger partial charge < -0.3 is 9.30 Å². The van der Waals surface area contributed by atoms with Gasteiger partial charge in [-0.15, -0.1) is 0 Å². The number of rotatable bonds is 5. The van der Waals surface area contributed by atoms with Crippen molar-refractivity contribution in [1.29, 1.82) is 0 Å². The van der Waals surface area contributed by atoms with Crippen molar-refractivity contribution in [1.82, 2.24) is 9.99 Å². The first-order chi connectivity index (χ1) is 12.6. The largest absolute Gasteiger partial charge is 0.497 e. The maximum absolute atomic E-state index is 12.1. The molecule has 3 aromatic rings. The molecule has 0 radical (unpaired) electrons. The molecule has 1 amide bonds. The molecule has 0 aliphatic rings. The minimum absolute atomic E-state index is 0.317. The fourth-order valence-corrected chi connectivity index (χ4v) is 2.79. The van der Waals surface area contributed by atoms with E-state index in [1.165, 1.54) is 0 Å². The molecule has 0 bridgehead atoms. The van der Waals surface area contributed by atoms with Crippen LogP contribution in [0.5, 0.6) is 5.75 Å². The number of carbonyl (C=O) groups is 1. The molecule has 0 spiro atoms. The minimum Gasteiger partial charge on any atom is -0.497 e. The van der Waals surface area contributed by atoms with Gasteiger partial charge in [-0.05, 0) is 61.5 Å². The van der Waals surface area contributed by atoms with Gasteiger partial charge in [0.25, 0.3) is 5.91 Å². The van der Waals surface area contributed by atoms with E-state index in [1.54, 1.807) is 37.6 Å². The number of nitrogens with one attached hydrogen (secondary N) is 1. The van der Waals surface area contributed by atoms with Crippen molar-refractivity contribution in [3.05, 3.63) is 82.6 Å². The Labute approximate surface area is 156 Å². The number of carbonyl (C=O) groups excluding carboxylic acids is 1. The minimum atomic E-state index is -0.317. The maximum Gasteiger partial charge on any atom is 0.271 e. The molecule has 0 aliphatic heterocycles. The molecule has 1 heterocycles. The van der Waals surface area contributed by atoms with Crippen LogP contribution in [-0.2, 0) is 0 Å². The Kier molecular flexibility index (Phi) is 5.39. The van der Waals surface area contributed by atoms with Crippen LogP contribution in [0.15, 0.2) is 65.8 Å². The van der Waals surface area contributed by atoms with Crippen LogP contribution >= 0.6 is 11.6 Å². The molecule has 6 heteroatoms. The molecule has 0 atom stereocenters. The summed E-state index contributed by atoms with van der Waals surface area (Å²) in [6.07, 6.45) is 1.61. The molecule has 0 unspecified atom stereocenters. The summed E-state index contributed by atoms with van der Waals surface area (Å²) in [5, 5.41) is 4.57. The van der Waals surface area contributed by atoms with Crippen LogP contribution in [0.25, 0.3) is 5.69 Å². The van der Waals surface area contributed by atoms with Gasteiger partial charge in [-0.25, -0.2) is 5.43 Å². The first-order valence-electron chi connectivity index (χ1n) is 8.00. The molecule has 0 fully saturated rings. The summed E-state index contributed by atoms with van der Waals surface area (Å²) in [6.45, 7) is 2.01. The lowest BCUT2D eigenvalue weighted by Gasteiger charge is -2.10. The molecular formula is C20H18ClN3O2. The maximum atomic E-state index is 12.1. The lowest BCUT2D eigenvalue weighted by Crippen LogP contribution is -2.17. The summed E-state index contributed by atoms with van der Waals surface area (Å²) >= 11 is 5.90. The van der Waals surface area contributed by atoms with E-state index in [4.69, 9.17) is 16.3 Å². The van der Waals surface area contributed by atoms with Gasteiger partial charge in [0.2, 0.25) is 0 Å². The summed E-state index contributed by atoms with van der Waals surface area (Å²) in [4.78, 5) is 12.1. The highest BCUT2D eigenvalue weighted by Gasteiger charge is 2.07. The van der Waals surface area contributed by atoms with Gasteiger partial charge in [0, 0.05) is 22.0 Å². The molecule has 0 saturated heterocycles. The topological polar surface area (TPSA) is 55.6 Å². The van der Waals surface area contributed by atoms with E-state index < -0.39 is 0 Å². The smallest absolute Gasteiger partial charge is 0.271 e. The number of hydrogen-bond donors (Lipinski definition) is 1. The Morgan fingerprint density at radius 1 is 1.15 bits per heavy atom. The van der Waals surface area contributed by atoms with Gasteiger partial charge in [-0.2, -0.15) is 5.10 Å². The van der Waals surface area contributed by atoms with Crippen LogP contribution in [0.4, 0.5) is 0 Å². The lowest BCUT2D eigenvalue weighted by atomic mass is 10.2. The first-order valence-corrected chi connectivity index (χ1v) is 8.38. The highest BCUT2D eigenvalue weighted by atomic mass is 35.5. The van der Waals surface area contributed by atoms with Gasteiger partial charge >= 0.3 is 0 Å². The van der Waals surface area contributed by atoms with Crippen LogP contribution in [0, 0.1) is 6.92 Å². The number of hydrazone groups is 1. The van der Waals surface area contributed by atoms with Gasteiger partial charge in [-0.3, -0.25) is 4.79 Å². The van der Waals surface area contributed by atoms with Crippen LogP contribution < -0.4 is 10.2 Å². The molecule has 0 aliphatic carbocycles. The van der Waals surface area contributed by atoms with Crippen LogP contribution in [-0.4, -0.2) is 23.8 Å². The number of ether oxygens (including phenoxy) is 1. The van der Waals surface area contributed by atoms with Crippen molar-refractivity contribution in [2.24, 2.45) is 5.10 Å². The van der Waals surface area contributed by atoms with Crippen LogP contribution in [0.3, 0.4) is 0 Å². The molecule has 26 heavy (non-hydrogen) atoms. The number of hydrogen-bond acceptors (Lipinski definition) is 3. The highest BCUT2D eigenvalue weighted by molar-refractivity contribution is 6.30. The number of aromatic nitrogens is 1. The normalized spacial score (nSPS) is 10.9. The highest BCUT2D eigenvalue weighted by Crippen LogP contribution is 2.19. The quantitative estimate of drug-likeness (QED) is 0.542. The summed E-state index contributed by atoms with van der Waals surface area (Å²) in [5.41, 5.74) is 5.86. The predicted molar refractivity (Wildman–Crippen MR) is 104 cm³/mol. The molecule has 1 N–H and O–H groups in total. The molecule has 1 aromatic heterocycles. The summed E-state index contributed by atoms with van der Waals surface area (Å²) < 4.78 is 7.23. The zero-order valence-corrected chi connectivity index (χ0v) is 15.2.